The van der Waals surface area contributed by atoms with Crippen LogP contribution in [0.1, 0.15) is 0 Å². The van der Waals surface area contributed by atoms with E-state index in [0.29, 0.717) is 18.8 Å². The van der Waals surface area contributed by atoms with Crippen molar-refractivity contribution in [3.63, 3.8) is 0 Å². The highest BCUT2D eigenvalue weighted by molar-refractivity contribution is 5.92. The van der Waals surface area contributed by atoms with E-state index >= 15 is 0 Å². The maximum atomic E-state index is 11.2. The van der Waals surface area contributed by atoms with Gasteiger partial charge in [0.15, 0.2) is 0 Å². The zero-order valence-corrected chi connectivity index (χ0v) is 7.06. The number of ether oxygens (including phenoxy) is 1. The summed E-state index contributed by atoms with van der Waals surface area (Å²) in [6, 6.07) is 7.25. The van der Waals surface area contributed by atoms with Crippen molar-refractivity contribution in [3.8, 4) is 0 Å². The lowest BCUT2D eigenvalue weighted by Gasteiger charge is -2.14. The number of para-hydroxylation sites is 2. The second-order valence-corrected chi connectivity index (χ2v) is 2.82. The summed E-state index contributed by atoms with van der Waals surface area (Å²) in [5, 5.41) is 0. The summed E-state index contributed by atoms with van der Waals surface area (Å²) in [5.41, 5.74) is 7.04. The van der Waals surface area contributed by atoms with Crippen LogP contribution in [0.2, 0.25) is 0 Å². The number of carbonyl (C=O) groups is 1. The van der Waals surface area contributed by atoms with Crippen molar-refractivity contribution in [3.05, 3.63) is 24.3 Å². The van der Waals surface area contributed by atoms with Crippen molar-refractivity contribution >= 4 is 17.5 Å². The van der Waals surface area contributed by atoms with E-state index in [2.05, 4.69) is 0 Å². The van der Waals surface area contributed by atoms with Crippen molar-refractivity contribution in [2.24, 2.45) is 0 Å². The minimum atomic E-state index is -0.321. The van der Waals surface area contributed by atoms with Gasteiger partial charge in [0.25, 0.3) is 0 Å². The molecule has 1 fully saturated rings. The molecule has 4 nitrogen and oxygen atoms in total. The number of nitrogens with zero attached hydrogens (tertiary/aromatic N) is 1. The van der Waals surface area contributed by atoms with Crippen LogP contribution in [-0.2, 0) is 4.74 Å². The zero-order valence-electron chi connectivity index (χ0n) is 7.06. The van der Waals surface area contributed by atoms with Gasteiger partial charge < -0.3 is 10.5 Å². The largest absolute Gasteiger partial charge is 0.447 e. The molecule has 1 aromatic carbocycles. The summed E-state index contributed by atoms with van der Waals surface area (Å²) in [7, 11) is 0. The first-order chi connectivity index (χ1) is 6.29. The Labute approximate surface area is 75.9 Å². The third kappa shape index (κ3) is 1.30. The fraction of sp³-hybridized carbons (Fsp3) is 0.222. The average Bonchev–Trinajstić information content (AvgIpc) is 2.52. The molecule has 13 heavy (non-hydrogen) atoms. The summed E-state index contributed by atoms with van der Waals surface area (Å²) < 4.78 is 4.81. The van der Waals surface area contributed by atoms with Crippen molar-refractivity contribution < 1.29 is 9.53 Å². The molecule has 68 valence electrons. The van der Waals surface area contributed by atoms with E-state index in [0.717, 1.165) is 5.69 Å². The fourth-order valence-corrected chi connectivity index (χ4v) is 1.35. The Morgan fingerprint density at radius 2 is 2.15 bits per heavy atom. The summed E-state index contributed by atoms with van der Waals surface area (Å²) in [6.07, 6.45) is -0.321. The fourth-order valence-electron chi connectivity index (χ4n) is 1.35. The van der Waals surface area contributed by atoms with Crippen molar-refractivity contribution in [1.82, 2.24) is 0 Å². The standard InChI is InChI=1S/C9H10N2O2/c10-7-3-1-2-4-8(7)11-5-6-13-9(11)12/h1-4H,5-6,10H2. The Balaban J connectivity index is 2.34. The normalized spacial score (nSPS) is 16.0. The molecule has 0 bridgehead atoms. The number of nitrogen functional groups attached to an aromatic ring is 1. The predicted molar refractivity (Wildman–Crippen MR) is 49.5 cm³/mol. The first-order valence-electron chi connectivity index (χ1n) is 4.08. The predicted octanol–water partition coefficient (Wildman–Crippen LogP) is 1.23. The van der Waals surface area contributed by atoms with Crippen molar-refractivity contribution in [2.75, 3.05) is 23.8 Å². The molecule has 2 N–H and O–H groups in total. The number of rotatable bonds is 1. The Kier molecular flexibility index (Phi) is 1.81. The molecular formula is C9H10N2O2. The zero-order chi connectivity index (χ0) is 9.26. The number of hydrogen-bond donors (Lipinski definition) is 1. The smallest absolute Gasteiger partial charge is 0.414 e. The van der Waals surface area contributed by atoms with Crippen molar-refractivity contribution in [2.45, 2.75) is 0 Å². The number of benzene rings is 1. The van der Waals surface area contributed by atoms with Crippen LogP contribution < -0.4 is 10.6 Å². The number of carbonyl (C=O) groups excluding carboxylic acids is 1. The van der Waals surface area contributed by atoms with Gasteiger partial charge in [0.2, 0.25) is 0 Å². The number of amides is 1. The van der Waals surface area contributed by atoms with E-state index in [1.165, 1.54) is 4.90 Å². The molecule has 1 saturated heterocycles. The van der Waals surface area contributed by atoms with Crippen LogP contribution in [-0.4, -0.2) is 19.2 Å². The summed E-state index contributed by atoms with van der Waals surface area (Å²) in [4.78, 5) is 12.7. The Morgan fingerprint density at radius 1 is 1.38 bits per heavy atom. The van der Waals surface area contributed by atoms with Gasteiger partial charge in [-0.05, 0) is 12.1 Å². The number of nitrogens with two attached hydrogens (primary N) is 1. The lowest BCUT2D eigenvalue weighted by Crippen LogP contribution is -2.24. The quantitative estimate of drug-likeness (QED) is 0.658. The topological polar surface area (TPSA) is 55.6 Å². The van der Waals surface area contributed by atoms with Gasteiger partial charge in [-0.2, -0.15) is 0 Å². The highest BCUT2D eigenvalue weighted by Gasteiger charge is 2.24. The molecule has 1 aromatic rings. The van der Waals surface area contributed by atoms with Crippen LogP contribution in [0, 0.1) is 0 Å². The molecule has 4 heteroatoms. The number of hydrogen-bond acceptors (Lipinski definition) is 3. The van der Waals surface area contributed by atoms with E-state index in [4.69, 9.17) is 10.5 Å². The first-order valence-corrected chi connectivity index (χ1v) is 4.08. The van der Waals surface area contributed by atoms with E-state index in [-0.39, 0.29) is 6.09 Å². The van der Waals surface area contributed by atoms with E-state index in [1.807, 2.05) is 18.2 Å². The van der Waals surface area contributed by atoms with Crippen molar-refractivity contribution in [1.29, 1.82) is 0 Å². The molecular weight excluding hydrogens is 168 g/mol. The minimum absolute atomic E-state index is 0.321. The third-order valence-corrected chi connectivity index (χ3v) is 1.99. The molecule has 0 unspecified atom stereocenters. The highest BCUT2D eigenvalue weighted by atomic mass is 16.6. The lowest BCUT2D eigenvalue weighted by molar-refractivity contribution is 0.181. The van der Waals surface area contributed by atoms with Crippen LogP contribution in [0.3, 0.4) is 0 Å². The SMILES string of the molecule is Nc1ccccc1N1CCOC1=O. The van der Waals surface area contributed by atoms with Crippen LogP contribution in [0.25, 0.3) is 0 Å². The molecule has 0 atom stereocenters. The Bertz CT molecular complexity index is 338. The maximum absolute atomic E-state index is 11.2. The van der Waals surface area contributed by atoms with Crippen LogP contribution in [0.4, 0.5) is 16.2 Å². The number of anilines is 2. The van der Waals surface area contributed by atoms with E-state index < -0.39 is 0 Å². The van der Waals surface area contributed by atoms with Gasteiger partial charge >= 0.3 is 6.09 Å². The molecule has 0 spiro atoms. The molecule has 1 amide bonds. The molecule has 0 radical (unpaired) electrons. The van der Waals surface area contributed by atoms with Gasteiger partial charge in [0.05, 0.1) is 17.9 Å². The summed E-state index contributed by atoms with van der Waals surface area (Å²) in [6.45, 7) is 1.01. The van der Waals surface area contributed by atoms with E-state index in [1.54, 1.807) is 6.07 Å². The van der Waals surface area contributed by atoms with Gasteiger partial charge in [-0.15, -0.1) is 0 Å². The molecule has 0 aliphatic carbocycles. The van der Waals surface area contributed by atoms with Gasteiger partial charge in [-0.25, -0.2) is 4.79 Å². The molecule has 1 aliphatic rings. The van der Waals surface area contributed by atoms with Crippen LogP contribution in [0.15, 0.2) is 24.3 Å². The monoisotopic (exact) mass is 178 g/mol. The molecule has 1 heterocycles. The van der Waals surface area contributed by atoms with Crippen LogP contribution >= 0.6 is 0 Å². The lowest BCUT2D eigenvalue weighted by atomic mass is 10.2. The summed E-state index contributed by atoms with van der Waals surface area (Å²) in [5.74, 6) is 0. The van der Waals surface area contributed by atoms with E-state index in [9.17, 15) is 4.79 Å². The Hall–Kier alpha value is -1.71. The minimum Gasteiger partial charge on any atom is -0.447 e. The van der Waals surface area contributed by atoms with Gasteiger partial charge in [-0.3, -0.25) is 4.90 Å². The van der Waals surface area contributed by atoms with Gasteiger partial charge in [0.1, 0.15) is 6.61 Å². The molecule has 0 aromatic heterocycles. The molecule has 2 rings (SSSR count). The number of cyclic esters (lactones) is 1. The van der Waals surface area contributed by atoms with Gasteiger partial charge in [0, 0.05) is 0 Å². The first kappa shape index (κ1) is 7.91. The highest BCUT2D eigenvalue weighted by Crippen LogP contribution is 2.24. The van der Waals surface area contributed by atoms with Crippen LogP contribution in [0.5, 0.6) is 0 Å². The second-order valence-electron chi connectivity index (χ2n) is 2.82. The van der Waals surface area contributed by atoms with Gasteiger partial charge in [-0.1, -0.05) is 12.1 Å². The molecule has 1 aliphatic heterocycles. The maximum Gasteiger partial charge on any atom is 0.414 e. The third-order valence-electron chi connectivity index (χ3n) is 1.99. The molecule has 0 saturated carbocycles. The average molecular weight is 178 g/mol. The summed E-state index contributed by atoms with van der Waals surface area (Å²) >= 11 is 0. The second kappa shape index (κ2) is 2.97. The Morgan fingerprint density at radius 3 is 2.77 bits per heavy atom.